The normalized spacial score (nSPS) is 12.6. The molecular weight excluding hydrogens is 482 g/mol. The Morgan fingerprint density at radius 1 is 0.919 bits per heavy atom. The third kappa shape index (κ3) is 6.92. The van der Waals surface area contributed by atoms with Crippen LogP contribution in [0.2, 0.25) is 5.02 Å². The van der Waals surface area contributed by atoms with Crippen LogP contribution < -0.4 is 10.2 Å². The van der Waals surface area contributed by atoms with Crippen molar-refractivity contribution in [2.75, 3.05) is 24.3 Å². The Bertz CT molecular complexity index is 1210. The third-order valence-electron chi connectivity index (χ3n) is 6.93. The van der Waals surface area contributed by atoms with Crippen LogP contribution in [0.3, 0.4) is 0 Å². The van der Waals surface area contributed by atoms with E-state index in [1.54, 1.807) is 24.3 Å². The smallest absolute Gasteiger partial charge is 0.257 e. The molecule has 0 bridgehead atoms. The van der Waals surface area contributed by atoms with Gasteiger partial charge >= 0.3 is 0 Å². The summed E-state index contributed by atoms with van der Waals surface area (Å²) in [6.45, 7) is 8.89. The molecule has 2 atom stereocenters. The SMILES string of the molecule is CC[C@H](C(=O)N(Cc1cc(NC(=O)c2ccccc2Cl)ccc1N(C)C)[C@H](C)C(C)C)c1ccccc1. The second-order valence-electron chi connectivity index (χ2n) is 9.99. The molecule has 0 aromatic heterocycles. The van der Waals surface area contributed by atoms with Crippen molar-refractivity contribution in [2.24, 2.45) is 5.92 Å². The number of benzene rings is 3. The highest BCUT2D eigenvalue weighted by Crippen LogP contribution is 2.30. The molecule has 1 N–H and O–H groups in total. The first kappa shape index (κ1) is 28.3. The predicted molar refractivity (Wildman–Crippen MR) is 154 cm³/mol. The highest BCUT2D eigenvalue weighted by Gasteiger charge is 2.30. The van der Waals surface area contributed by atoms with Crippen LogP contribution in [0.1, 0.15) is 61.5 Å². The number of hydrogen-bond acceptors (Lipinski definition) is 3. The Balaban J connectivity index is 1.97. The van der Waals surface area contributed by atoms with Gasteiger partial charge < -0.3 is 15.1 Å². The Labute approximate surface area is 226 Å². The number of carbonyl (C=O) groups excluding carboxylic acids is 2. The van der Waals surface area contributed by atoms with Crippen LogP contribution in [0.25, 0.3) is 0 Å². The molecule has 196 valence electrons. The maximum Gasteiger partial charge on any atom is 0.257 e. The summed E-state index contributed by atoms with van der Waals surface area (Å²) in [6, 6.07) is 22.8. The monoisotopic (exact) mass is 519 g/mol. The van der Waals surface area contributed by atoms with Crippen molar-refractivity contribution in [3.63, 3.8) is 0 Å². The molecule has 0 saturated heterocycles. The van der Waals surface area contributed by atoms with Gasteiger partial charge in [0.1, 0.15) is 0 Å². The number of anilines is 2. The van der Waals surface area contributed by atoms with Gasteiger partial charge in [-0.1, -0.05) is 74.8 Å². The van der Waals surface area contributed by atoms with E-state index >= 15 is 0 Å². The highest BCUT2D eigenvalue weighted by atomic mass is 35.5. The average Bonchev–Trinajstić information content (AvgIpc) is 2.88. The van der Waals surface area contributed by atoms with Gasteiger partial charge in [-0.2, -0.15) is 0 Å². The first-order valence-corrected chi connectivity index (χ1v) is 13.2. The van der Waals surface area contributed by atoms with Crippen LogP contribution in [-0.4, -0.2) is 36.9 Å². The van der Waals surface area contributed by atoms with Gasteiger partial charge in [0, 0.05) is 38.1 Å². The van der Waals surface area contributed by atoms with E-state index in [2.05, 4.69) is 33.0 Å². The summed E-state index contributed by atoms with van der Waals surface area (Å²) in [5.74, 6) is -0.0886. The number of amides is 2. The Kier molecular flexibility index (Phi) is 9.76. The molecule has 0 fully saturated rings. The molecule has 6 heteroatoms. The van der Waals surface area contributed by atoms with Gasteiger partial charge in [-0.05, 0) is 60.7 Å². The van der Waals surface area contributed by atoms with Gasteiger partial charge in [-0.3, -0.25) is 9.59 Å². The zero-order valence-electron chi connectivity index (χ0n) is 22.7. The molecule has 0 aliphatic rings. The van der Waals surface area contributed by atoms with Gasteiger partial charge in [0.15, 0.2) is 0 Å². The van der Waals surface area contributed by atoms with Crippen molar-refractivity contribution in [1.29, 1.82) is 0 Å². The van der Waals surface area contributed by atoms with E-state index in [0.717, 1.165) is 23.2 Å². The van der Waals surface area contributed by atoms with Crippen LogP contribution in [0, 0.1) is 5.92 Å². The highest BCUT2D eigenvalue weighted by molar-refractivity contribution is 6.34. The minimum absolute atomic E-state index is 0.0293. The second-order valence-corrected chi connectivity index (χ2v) is 10.4. The van der Waals surface area contributed by atoms with Crippen LogP contribution in [0.4, 0.5) is 11.4 Å². The molecule has 0 spiro atoms. The molecule has 3 aromatic carbocycles. The molecule has 37 heavy (non-hydrogen) atoms. The number of carbonyl (C=O) groups is 2. The minimum Gasteiger partial charge on any atom is -0.377 e. The van der Waals surface area contributed by atoms with E-state index in [1.807, 2.05) is 72.4 Å². The van der Waals surface area contributed by atoms with Crippen LogP contribution in [0.15, 0.2) is 72.8 Å². The van der Waals surface area contributed by atoms with E-state index < -0.39 is 0 Å². The Morgan fingerprint density at radius 2 is 1.57 bits per heavy atom. The van der Waals surface area contributed by atoms with E-state index in [9.17, 15) is 9.59 Å². The lowest BCUT2D eigenvalue weighted by atomic mass is 9.92. The van der Waals surface area contributed by atoms with E-state index in [4.69, 9.17) is 11.6 Å². The number of rotatable bonds is 10. The quantitative estimate of drug-likeness (QED) is 0.307. The molecule has 3 aromatic rings. The van der Waals surface area contributed by atoms with Gasteiger partial charge in [-0.25, -0.2) is 0 Å². The lowest BCUT2D eigenvalue weighted by molar-refractivity contribution is -0.136. The number of nitrogens with zero attached hydrogens (tertiary/aromatic N) is 2. The van der Waals surface area contributed by atoms with Crippen molar-refractivity contribution in [3.05, 3.63) is 94.5 Å². The zero-order valence-corrected chi connectivity index (χ0v) is 23.4. The maximum absolute atomic E-state index is 14.0. The molecule has 0 radical (unpaired) electrons. The standard InChI is InChI=1S/C31H38ClN3O2/c1-7-26(23-13-9-8-10-14-23)31(37)35(22(4)21(2)3)20-24-19-25(17-18-29(24)34(5)6)33-30(36)27-15-11-12-16-28(27)32/h8-19,21-22,26H,7,20H2,1-6H3,(H,33,36)/t22-,26+/m1/s1. The van der Waals surface area contributed by atoms with Crippen molar-refractivity contribution in [3.8, 4) is 0 Å². The zero-order chi connectivity index (χ0) is 27.1. The fraction of sp³-hybridized carbons (Fsp3) is 0.355. The molecule has 0 aliphatic carbocycles. The minimum atomic E-state index is -0.271. The average molecular weight is 520 g/mol. The summed E-state index contributed by atoms with van der Waals surface area (Å²) in [6.07, 6.45) is 0.721. The fourth-order valence-electron chi connectivity index (χ4n) is 4.47. The summed E-state index contributed by atoms with van der Waals surface area (Å²) in [5.41, 5.74) is 4.07. The maximum atomic E-state index is 14.0. The topological polar surface area (TPSA) is 52.7 Å². The number of hydrogen-bond donors (Lipinski definition) is 1. The second kappa shape index (κ2) is 12.8. The number of nitrogens with one attached hydrogen (secondary N) is 1. The number of halogens is 1. The molecule has 0 heterocycles. The molecular formula is C31H38ClN3O2. The van der Waals surface area contributed by atoms with E-state index in [0.29, 0.717) is 22.8 Å². The first-order chi connectivity index (χ1) is 17.6. The van der Waals surface area contributed by atoms with E-state index in [1.165, 1.54) is 0 Å². The van der Waals surface area contributed by atoms with Crippen molar-refractivity contribution in [1.82, 2.24) is 4.90 Å². The lowest BCUT2D eigenvalue weighted by Gasteiger charge is -2.36. The Morgan fingerprint density at radius 3 is 2.16 bits per heavy atom. The van der Waals surface area contributed by atoms with Crippen molar-refractivity contribution in [2.45, 2.75) is 52.6 Å². The summed E-state index contributed by atoms with van der Waals surface area (Å²) in [7, 11) is 3.97. The molecule has 5 nitrogen and oxygen atoms in total. The summed E-state index contributed by atoms with van der Waals surface area (Å²) >= 11 is 6.23. The molecule has 0 aliphatic heterocycles. The summed E-state index contributed by atoms with van der Waals surface area (Å²) in [4.78, 5) is 31.0. The Hall–Kier alpha value is -3.31. The third-order valence-corrected chi connectivity index (χ3v) is 7.26. The molecule has 0 saturated carbocycles. The first-order valence-electron chi connectivity index (χ1n) is 12.9. The largest absolute Gasteiger partial charge is 0.377 e. The molecule has 0 unspecified atom stereocenters. The predicted octanol–water partition coefficient (Wildman–Crippen LogP) is 7.23. The van der Waals surface area contributed by atoms with Crippen LogP contribution in [-0.2, 0) is 11.3 Å². The summed E-state index contributed by atoms with van der Waals surface area (Å²) in [5, 5.41) is 3.38. The van der Waals surface area contributed by atoms with Crippen molar-refractivity contribution >= 4 is 34.8 Å². The van der Waals surface area contributed by atoms with Crippen molar-refractivity contribution < 1.29 is 9.59 Å². The van der Waals surface area contributed by atoms with E-state index in [-0.39, 0.29) is 29.7 Å². The lowest BCUT2D eigenvalue weighted by Crippen LogP contribution is -2.43. The van der Waals surface area contributed by atoms with Gasteiger partial charge in [0.05, 0.1) is 16.5 Å². The fourth-order valence-corrected chi connectivity index (χ4v) is 4.70. The molecule has 2 amide bonds. The molecule has 3 rings (SSSR count). The van der Waals surface area contributed by atoms with Gasteiger partial charge in [-0.15, -0.1) is 0 Å². The van der Waals surface area contributed by atoms with Crippen LogP contribution in [0.5, 0.6) is 0 Å². The van der Waals surface area contributed by atoms with Gasteiger partial charge in [0.25, 0.3) is 5.91 Å². The van der Waals surface area contributed by atoms with Crippen LogP contribution >= 0.6 is 11.6 Å². The van der Waals surface area contributed by atoms with Gasteiger partial charge in [0.2, 0.25) is 5.91 Å². The summed E-state index contributed by atoms with van der Waals surface area (Å²) < 4.78 is 0.